The van der Waals surface area contributed by atoms with Gasteiger partial charge in [-0.1, -0.05) is 40.2 Å². The first kappa shape index (κ1) is 20.0. The quantitative estimate of drug-likeness (QED) is 0.328. The molecule has 0 amide bonds. The van der Waals surface area contributed by atoms with Crippen LogP contribution in [0.1, 0.15) is 27.7 Å². The van der Waals surface area contributed by atoms with Gasteiger partial charge in [-0.15, -0.1) is 0 Å². The van der Waals surface area contributed by atoms with Gasteiger partial charge < -0.3 is 14.2 Å². The van der Waals surface area contributed by atoms with Crippen molar-refractivity contribution in [2.24, 2.45) is 10.8 Å². The summed E-state index contributed by atoms with van der Waals surface area (Å²) in [6.07, 6.45) is 3.03. The average molecular weight is 308 g/mol. The molecule has 0 unspecified atom stereocenters. The van der Waals surface area contributed by atoms with Crippen LogP contribution in [-0.2, 0) is 19.0 Å². The van der Waals surface area contributed by atoms with E-state index in [1.54, 1.807) is 13.8 Å². The van der Waals surface area contributed by atoms with Gasteiger partial charge in [0.1, 0.15) is 18.1 Å². The summed E-state index contributed by atoms with van der Waals surface area (Å²) < 4.78 is 16.2. The molecule has 0 fully saturated rings. The molecule has 0 saturated heterocycles. The molecule has 0 aliphatic rings. The minimum Gasteiger partial charge on any atom is -0.494 e. The zero-order valence-electron chi connectivity index (χ0n) is 14.2. The molecular formula is C18H28O4. The Labute approximate surface area is 134 Å². The lowest BCUT2D eigenvalue weighted by Crippen LogP contribution is -2.35. The van der Waals surface area contributed by atoms with E-state index in [4.69, 9.17) is 14.2 Å². The van der Waals surface area contributed by atoms with Gasteiger partial charge in [-0.05, 0) is 26.0 Å². The van der Waals surface area contributed by atoms with Crippen LogP contribution in [0.15, 0.2) is 50.0 Å². The molecule has 0 atom stereocenters. The number of esters is 1. The second kappa shape index (κ2) is 8.47. The Bertz CT molecular complexity index is 444. The van der Waals surface area contributed by atoms with Gasteiger partial charge in [0.25, 0.3) is 0 Å². The maximum atomic E-state index is 12.2. The van der Waals surface area contributed by atoms with Crippen molar-refractivity contribution in [3.05, 3.63) is 50.0 Å². The molecule has 0 N–H and O–H groups in total. The number of allylic oxidation sites excluding steroid dienone is 2. The summed E-state index contributed by atoms with van der Waals surface area (Å²) in [7, 11) is 0. The molecule has 0 saturated carbocycles. The van der Waals surface area contributed by atoms with Crippen LogP contribution in [-0.4, -0.2) is 25.8 Å². The third-order valence-electron chi connectivity index (χ3n) is 2.87. The molecule has 0 aromatic carbocycles. The number of carbonyl (C=O) groups excluding carboxylic acids is 1. The Morgan fingerprint density at radius 2 is 1.27 bits per heavy atom. The number of rotatable bonds is 11. The SMILES string of the molecule is C=CC(=C)OCC(C)(C)COC(=O)C(C)(C)COC(=C)C=C. The predicted molar refractivity (Wildman–Crippen MR) is 89.1 cm³/mol. The van der Waals surface area contributed by atoms with Crippen molar-refractivity contribution in [2.45, 2.75) is 27.7 Å². The minimum absolute atomic E-state index is 0.181. The fourth-order valence-corrected chi connectivity index (χ4v) is 1.24. The molecule has 4 nitrogen and oxygen atoms in total. The normalized spacial score (nSPS) is 11.3. The summed E-state index contributed by atoms with van der Waals surface area (Å²) >= 11 is 0. The molecule has 0 spiro atoms. The van der Waals surface area contributed by atoms with Gasteiger partial charge in [0.2, 0.25) is 0 Å². The minimum atomic E-state index is -0.770. The maximum absolute atomic E-state index is 12.2. The highest BCUT2D eigenvalue weighted by atomic mass is 16.5. The number of carbonyl (C=O) groups is 1. The predicted octanol–water partition coefficient (Wildman–Crippen LogP) is 4.01. The molecule has 22 heavy (non-hydrogen) atoms. The second-order valence-corrected chi connectivity index (χ2v) is 6.54. The van der Waals surface area contributed by atoms with E-state index >= 15 is 0 Å². The number of hydrogen-bond donors (Lipinski definition) is 0. The highest BCUT2D eigenvalue weighted by molar-refractivity contribution is 5.76. The molecule has 0 aromatic rings. The van der Waals surface area contributed by atoms with Crippen molar-refractivity contribution in [2.75, 3.05) is 19.8 Å². The zero-order valence-corrected chi connectivity index (χ0v) is 14.2. The average Bonchev–Trinajstić information content (AvgIpc) is 2.47. The van der Waals surface area contributed by atoms with Crippen LogP contribution in [0.5, 0.6) is 0 Å². The summed E-state index contributed by atoms with van der Waals surface area (Å²) in [5.41, 5.74) is -1.10. The first-order valence-electron chi connectivity index (χ1n) is 7.09. The van der Waals surface area contributed by atoms with Crippen LogP contribution in [0.2, 0.25) is 0 Å². The molecular weight excluding hydrogens is 280 g/mol. The Morgan fingerprint density at radius 3 is 1.73 bits per heavy atom. The summed E-state index contributed by atoms with van der Waals surface area (Å²) in [5.74, 6) is 0.591. The van der Waals surface area contributed by atoms with Gasteiger partial charge in [0.15, 0.2) is 0 Å². The third kappa shape index (κ3) is 7.72. The smallest absolute Gasteiger partial charge is 0.315 e. The molecule has 0 bridgehead atoms. The van der Waals surface area contributed by atoms with Gasteiger partial charge in [-0.3, -0.25) is 4.79 Å². The molecule has 0 rings (SSSR count). The van der Waals surface area contributed by atoms with Crippen molar-refractivity contribution in [1.82, 2.24) is 0 Å². The van der Waals surface area contributed by atoms with E-state index in [0.29, 0.717) is 18.1 Å². The van der Waals surface area contributed by atoms with Gasteiger partial charge in [0, 0.05) is 5.41 Å². The van der Waals surface area contributed by atoms with Crippen LogP contribution in [0.25, 0.3) is 0 Å². The van der Waals surface area contributed by atoms with Crippen LogP contribution in [0.4, 0.5) is 0 Å². The van der Waals surface area contributed by atoms with Crippen molar-refractivity contribution >= 4 is 5.97 Å². The van der Waals surface area contributed by atoms with Gasteiger partial charge in [-0.25, -0.2) is 0 Å². The fraction of sp³-hybridized carbons (Fsp3) is 0.500. The van der Waals surface area contributed by atoms with E-state index < -0.39 is 5.41 Å². The standard InChI is InChI=1S/C18H28O4/c1-9-14(3)20-11-17(5,6)12-22-16(19)18(7,8)13-21-15(4)10-2/h9-10H,1-4,11-13H2,5-8H3. The fourth-order valence-electron chi connectivity index (χ4n) is 1.24. The highest BCUT2D eigenvalue weighted by Crippen LogP contribution is 2.23. The van der Waals surface area contributed by atoms with E-state index in [1.807, 2.05) is 13.8 Å². The Morgan fingerprint density at radius 1 is 0.864 bits per heavy atom. The number of hydrogen-bond acceptors (Lipinski definition) is 4. The summed E-state index contributed by atoms with van der Waals surface area (Å²) in [4.78, 5) is 12.2. The Balaban J connectivity index is 4.39. The topological polar surface area (TPSA) is 44.8 Å². The largest absolute Gasteiger partial charge is 0.494 e. The molecule has 124 valence electrons. The van der Waals surface area contributed by atoms with Crippen molar-refractivity contribution in [1.29, 1.82) is 0 Å². The van der Waals surface area contributed by atoms with Crippen LogP contribution >= 0.6 is 0 Å². The molecule has 0 heterocycles. The molecule has 0 radical (unpaired) electrons. The zero-order chi connectivity index (χ0) is 17.4. The summed E-state index contributed by atoms with van der Waals surface area (Å²) in [5, 5.41) is 0. The molecule has 4 heteroatoms. The van der Waals surface area contributed by atoms with Crippen LogP contribution in [0.3, 0.4) is 0 Å². The molecule has 0 aromatic heterocycles. The van der Waals surface area contributed by atoms with Gasteiger partial charge in [0.05, 0.1) is 18.6 Å². The van der Waals surface area contributed by atoms with Crippen molar-refractivity contribution < 1.29 is 19.0 Å². The van der Waals surface area contributed by atoms with Crippen molar-refractivity contribution in [3.63, 3.8) is 0 Å². The first-order chi connectivity index (χ1) is 10.0. The lowest BCUT2D eigenvalue weighted by Gasteiger charge is -2.28. The molecule has 0 aliphatic heterocycles. The number of ether oxygens (including phenoxy) is 3. The maximum Gasteiger partial charge on any atom is 0.315 e. The second-order valence-electron chi connectivity index (χ2n) is 6.54. The molecule has 0 aliphatic carbocycles. The van der Waals surface area contributed by atoms with Crippen LogP contribution < -0.4 is 0 Å². The summed E-state index contributed by atoms with van der Waals surface area (Å²) in [6.45, 7) is 22.7. The van der Waals surface area contributed by atoms with Gasteiger partial charge in [-0.2, -0.15) is 0 Å². The van der Waals surface area contributed by atoms with Crippen LogP contribution in [0, 0.1) is 10.8 Å². The van der Waals surface area contributed by atoms with Crippen molar-refractivity contribution in [3.8, 4) is 0 Å². The highest BCUT2D eigenvalue weighted by Gasteiger charge is 2.32. The Hall–Kier alpha value is -1.97. The van der Waals surface area contributed by atoms with Gasteiger partial charge >= 0.3 is 5.97 Å². The summed E-state index contributed by atoms with van der Waals surface area (Å²) in [6, 6.07) is 0. The van der Waals surface area contributed by atoms with E-state index in [1.165, 1.54) is 12.2 Å². The first-order valence-corrected chi connectivity index (χ1v) is 7.09. The lowest BCUT2D eigenvalue weighted by atomic mass is 9.93. The van der Waals surface area contributed by atoms with E-state index in [2.05, 4.69) is 26.3 Å². The third-order valence-corrected chi connectivity index (χ3v) is 2.87. The van der Waals surface area contributed by atoms with E-state index in [0.717, 1.165) is 0 Å². The Kier molecular flexibility index (Phi) is 7.71. The van der Waals surface area contributed by atoms with E-state index in [-0.39, 0.29) is 24.6 Å². The monoisotopic (exact) mass is 308 g/mol. The lowest BCUT2D eigenvalue weighted by molar-refractivity contribution is -0.160. The van der Waals surface area contributed by atoms with E-state index in [9.17, 15) is 4.79 Å².